The van der Waals surface area contributed by atoms with Gasteiger partial charge < -0.3 is 4.90 Å². The zero-order valence-electron chi connectivity index (χ0n) is 18.7. The van der Waals surface area contributed by atoms with Crippen LogP contribution in [-0.4, -0.2) is 30.7 Å². The van der Waals surface area contributed by atoms with Crippen molar-refractivity contribution in [3.63, 3.8) is 0 Å². The molecule has 0 aliphatic carbocycles. The Bertz CT molecular complexity index is 1450. The van der Waals surface area contributed by atoms with Crippen LogP contribution in [0.15, 0.2) is 90.0 Å². The molecule has 34 heavy (non-hydrogen) atoms. The van der Waals surface area contributed by atoms with Crippen molar-refractivity contribution >= 4 is 21.6 Å². The molecule has 0 saturated heterocycles. The van der Waals surface area contributed by atoms with Crippen molar-refractivity contribution in [2.45, 2.75) is 24.8 Å². The maximum absolute atomic E-state index is 13.1. The Labute approximate surface area is 198 Å². The van der Waals surface area contributed by atoms with Crippen molar-refractivity contribution in [1.82, 2.24) is 14.5 Å². The first-order chi connectivity index (χ1) is 16.4. The number of carbonyl (C=O) groups excluding carboxylic acids is 1. The van der Waals surface area contributed by atoms with Crippen LogP contribution >= 0.6 is 0 Å². The molecule has 0 radical (unpaired) electrons. The number of nitrogens with zero attached hydrogens (tertiary/aromatic N) is 3. The number of benzene rings is 3. The molecule has 172 valence electrons. The van der Waals surface area contributed by atoms with Crippen LogP contribution in [-0.2, 0) is 27.8 Å². The molecule has 1 amide bonds. The van der Waals surface area contributed by atoms with Gasteiger partial charge >= 0.3 is 0 Å². The van der Waals surface area contributed by atoms with Gasteiger partial charge in [-0.25, -0.2) is 17.8 Å². The highest BCUT2D eigenvalue weighted by atomic mass is 32.2. The van der Waals surface area contributed by atoms with Crippen LogP contribution in [0.2, 0.25) is 0 Å². The second-order valence-electron chi connectivity index (χ2n) is 8.18. The van der Waals surface area contributed by atoms with Gasteiger partial charge in [-0.15, -0.1) is 0 Å². The van der Waals surface area contributed by atoms with Gasteiger partial charge in [-0.1, -0.05) is 48.5 Å². The topological polar surface area (TPSA) is 84.3 Å². The van der Waals surface area contributed by atoms with Crippen LogP contribution in [0.25, 0.3) is 16.9 Å². The lowest BCUT2D eigenvalue weighted by Crippen LogP contribution is -2.26. The van der Waals surface area contributed by atoms with E-state index in [-0.39, 0.29) is 17.3 Å². The quantitative estimate of drug-likeness (QED) is 0.461. The smallest absolute Gasteiger partial charge is 0.240 e. The van der Waals surface area contributed by atoms with E-state index in [2.05, 4.69) is 4.72 Å². The van der Waals surface area contributed by atoms with Crippen molar-refractivity contribution in [3.05, 3.63) is 96.2 Å². The third-order valence-electron chi connectivity index (χ3n) is 5.95. The van der Waals surface area contributed by atoms with E-state index in [4.69, 9.17) is 5.10 Å². The molecule has 1 aliphatic rings. The SMILES string of the molecule is CC(=O)N1CCc2cc(S(=O)(=O)NCc3cn(-c4ccccc4)nc3-c3ccccc3)ccc21. The normalized spacial score (nSPS) is 13.1. The fraction of sp³-hybridized carbons (Fsp3) is 0.154. The van der Waals surface area contributed by atoms with Crippen molar-refractivity contribution in [2.75, 3.05) is 11.4 Å². The molecule has 0 fully saturated rings. The van der Waals surface area contributed by atoms with Crippen LogP contribution in [0.5, 0.6) is 0 Å². The highest BCUT2D eigenvalue weighted by molar-refractivity contribution is 7.89. The summed E-state index contributed by atoms with van der Waals surface area (Å²) >= 11 is 0. The summed E-state index contributed by atoms with van der Waals surface area (Å²) in [4.78, 5) is 13.6. The van der Waals surface area contributed by atoms with Gasteiger partial charge in [0, 0.05) is 43.0 Å². The molecule has 1 aromatic heterocycles. The molecule has 2 heterocycles. The van der Waals surface area contributed by atoms with Gasteiger partial charge in [0.1, 0.15) is 0 Å². The number of para-hydroxylation sites is 1. The summed E-state index contributed by atoms with van der Waals surface area (Å²) in [5, 5.41) is 4.74. The molecule has 5 rings (SSSR count). The van der Waals surface area contributed by atoms with Crippen LogP contribution in [0.3, 0.4) is 0 Å². The van der Waals surface area contributed by atoms with E-state index < -0.39 is 10.0 Å². The number of aromatic nitrogens is 2. The lowest BCUT2D eigenvalue weighted by molar-refractivity contribution is -0.116. The van der Waals surface area contributed by atoms with Crippen molar-refractivity contribution in [2.24, 2.45) is 0 Å². The zero-order chi connectivity index (χ0) is 23.7. The Morgan fingerprint density at radius 1 is 1.00 bits per heavy atom. The fourth-order valence-electron chi connectivity index (χ4n) is 4.22. The Kier molecular flexibility index (Phi) is 5.77. The van der Waals surface area contributed by atoms with E-state index in [1.54, 1.807) is 27.8 Å². The standard InChI is InChI=1S/C26H24N4O3S/c1-19(31)29-15-14-21-16-24(12-13-25(21)29)34(32,33)27-17-22-18-30(23-10-6-3-7-11-23)28-26(22)20-8-4-2-5-9-20/h2-13,16,18,27H,14-15,17H2,1H3. The van der Waals surface area contributed by atoms with Crippen LogP contribution in [0, 0.1) is 0 Å². The minimum atomic E-state index is -3.76. The number of rotatable bonds is 6. The van der Waals surface area contributed by atoms with E-state index in [0.717, 1.165) is 33.8 Å². The summed E-state index contributed by atoms with van der Waals surface area (Å²) in [7, 11) is -3.76. The molecule has 7 nitrogen and oxygen atoms in total. The third kappa shape index (κ3) is 4.25. The summed E-state index contributed by atoms with van der Waals surface area (Å²) in [5.41, 5.74) is 4.93. The Morgan fingerprint density at radius 2 is 1.71 bits per heavy atom. The second kappa shape index (κ2) is 8.89. The predicted octanol–water partition coefficient (Wildman–Crippen LogP) is 3.93. The first kappa shape index (κ1) is 22.1. The van der Waals surface area contributed by atoms with Gasteiger partial charge in [-0.2, -0.15) is 5.10 Å². The van der Waals surface area contributed by atoms with Crippen LogP contribution < -0.4 is 9.62 Å². The summed E-state index contributed by atoms with van der Waals surface area (Å²) < 4.78 is 30.7. The predicted molar refractivity (Wildman–Crippen MR) is 131 cm³/mol. The average molecular weight is 473 g/mol. The van der Waals surface area contributed by atoms with E-state index in [9.17, 15) is 13.2 Å². The monoisotopic (exact) mass is 472 g/mol. The van der Waals surface area contributed by atoms with Crippen LogP contribution in [0.4, 0.5) is 5.69 Å². The summed E-state index contributed by atoms with van der Waals surface area (Å²) in [5.74, 6) is -0.0450. The number of fused-ring (bicyclic) bond motifs is 1. The minimum absolute atomic E-state index is 0.0450. The number of nitrogens with one attached hydrogen (secondary N) is 1. The Morgan fingerprint density at radius 3 is 2.41 bits per heavy atom. The molecule has 4 aromatic rings. The molecular formula is C26H24N4O3S. The first-order valence-electron chi connectivity index (χ1n) is 11.0. The Hall–Kier alpha value is -3.75. The number of hydrogen-bond acceptors (Lipinski definition) is 4. The molecule has 1 N–H and O–H groups in total. The molecule has 0 unspecified atom stereocenters. The van der Waals surface area contributed by atoms with E-state index >= 15 is 0 Å². The molecule has 3 aromatic carbocycles. The Balaban J connectivity index is 1.43. The van der Waals surface area contributed by atoms with Crippen molar-refractivity contribution in [1.29, 1.82) is 0 Å². The number of anilines is 1. The molecule has 1 aliphatic heterocycles. The molecule has 0 saturated carbocycles. The van der Waals surface area contributed by atoms with E-state index in [1.807, 2.05) is 66.9 Å². The highest BCUT2D eigenvalue weighted by Gasteiger charge is 2.25. The molecule has 0 spiro atoms. The van der Waals surface area contributed by atoms with Crippen LogP contribution in [0.1, 0.15) is 18.1 Å². The summed E-state index contributed by atoms with van der Waals surface area (Å²) in [6, 6.07) is 24.3. The number of sulfonamides is 1. The fourth-order valence-corrected chi connectivity index (χ4v) is 5.28. The number of amides is 1. The minimum Gasteiger partial charge on any atom is -0.312 e. The number of hydrogen-bond donors (Lipinski definition) is 1. The maximum atomic E-state index is 13.1. The lowest BCUT2D eigenvalue weighted by Gasteiger charge is -2.15. The molecule has 0 atom stereocenters. The molecule has 8 heteroatoms. The third-order valence-corrected chi connectivity index (χ3v) is 7.35. The van der Waals surface area contributed by atoms with E-state index in [1.165, 1.54) is 6.92 Å². The summed E-state index contributed by atoms with van der Waals surface area (Å²) in [6.45, 7) is 2.18. The van der Waals surface area contributed by atoms with Gasteiger partial charge in [0.15, 0.2) is 0 Å². The van der Waals surface area contributed by atoms with Crippen molar-refractivity contribution in [3.8, 4) is 16.9 Å². The highest BCUT2D eigenvalue weighted by Crippen LogP contribution is 2.30. The average Bonchev–Trinajstić information content (AvgIpc) is 3.48. The van der Waals surface area contributed by atoms with Gasteiger partial charge in [-0.05, 0) is 42.3 Å². The van der Waals surface area contributed by atoms with Gasteiger partial charge in [0.05, 0.1) is 16.3 Å². The lowest BCUT2D eigenvalue weighted by atomic mass is 10.1. The number of carbonyl (C=O) groups is 1. The first-order valence-corrected chi connectivity index (χ1v) is 12.5. The summed E-state index contributed by atoms with van der Waals surface area (Å²) in [6.07, 6.45) is 2.49. The maximum Gasteiger partial charge on any atom is 0.240 e. The molecular weight excluding hydrogens is 448 g/mol. The molecule has 0 bridgehead atoms. The van der Waals surface area contributed by atoms with Gasteiger partial charge in [0.2, 0.25) is 15.9 Å². The second-order valence-corrected chi connectivity index (χ2v) is 9.95. The van der Waals surface area contributed by atoms with Crippen molar-refractivity contribution < 1.29 is 13.2 Å². The van der Waals surface area contributed by atoms with E-state index in [0.29, 0.717) is 13.0 Å². The van der Waals surface area contributed by atoms with Gasteiger partial charge in [0.25, 0.3) is 0 Å². The van der Waals surface area contributed by atoms with Gasteiger partial charge in [-0.3, -0.25) is 4.79 Å². The zero-order valence-corrected chi connectivity index (χ0v) is 19.5. The largest absolute Gasteiger partial charge is 0.312 e.